The first-order valence-corrected chi connectivity index (χ1v) is 11.5. The maximum Gasteiger partial charge on any atom is 0.246 e. The Bertz CT molecular complexity index is 1270. The van der Waals surface area contributed by atoms with Crippen LogP contribution in [0.15, 0.2) is 47.0 Å². The Labute approximate surface area is 189 Å². The fraction of sp³-hybridized carbons (Fsp3) is 0.286. The van der Waals surface area contributed by atoms with Crippen molar-refractivity contribution in [2.45, 2.75) is 19.5 Å². The van der Waals surface area contributed by atoms with Crippen LogP contribution >= 0.6 is 0 Å². The zero-order chi connectivity index (χ0) is 24.3. The van der Waals surface area contributed by atoms with E-state index in [1.807, 2.05) is 0 Å². The number of benzene rings is 2. The van der Waals surface area contributed by atoms with E-state index in [1.165, 1.54) is 26.0 Å². The van der Waals surface area contributed by atoms with Gasteiger partial charge >= 0.3 is 0 Å². The minimum Gasteiger partial charge on any atom is -0.497 e. The summed E-state index contributed by atoms with van der Waals surface area (Å²) < 4.78 is 62.8. The molecular weight excluding hydrogens is 458 g/mol. The molecule has 0 fully saturated rings. The molecule has 33 heavy (non-hydrogen) atoms. The zero-order valence-corrected chi connectivity index (χ0v) is 19.1. The number of likely N-dealkylation sites (N-methyl/N-ethyl adjacent to an activating group) is 1. The van der Waals surface area contributed by atoms with E-state index in [-0.39, 0.29) is 23.9 Å². The number of ether oxygens (including phenoxy) is 1. The molecule has 1 atom stereocenters. The SMILES string of the molecule is COc1cccc(-c2noc(CN(C)C(=O)[C@@H](C)N(c3ccc(F)c(F)c3)S(C)(=O)=O)n2)c1. The second-order valence-electron chi connectivity index (χ2n) is 7.27. The number of carbonyl (C=O) groups is 1. The number of carbonyl (C=O) groups excluding carboxylic acids is 1. The fourth-order valence-corrected chi connectivity index (χ4v) is 4.38. The average Bonchev–Trinajstić information content (AvgIpc) is 3.23. The van der Waals surface area contributed by atoms with Crippen LogP contribution in [0.1, 0.15) is 12.8 Å². The highest BCUT2D eigenvalue weighted by Crippen LogP contribution is 2.25. The molecule has 0 saturated heterocycles. The van der Waals surface area contributed by atoms with Gasteiger partial charge in [-0.3, -0.25) is 9.10 Å². The molecule has 3 aromatic rings. The number of nitrogens with zero attached hydrogens (tertiary/aromatic N) is 4. The minimum atomic E-state index is -4.00. The lowest BCUT2D eigenvalue weighted by Crippen LogP contribution is -2.48. The monoisotopic (exact) mass is 480 g/mol. The van der Waals surface area contributed by atoms with Crippen LogP contribution in [0.2, 0.25) is 0 Å². The molecule has 3 rings (SSSR count). The molecule has 0 N–H and O–H groups in total. The van der Waals surface area contributed by atoms with Crippen molar-refractivity contribution in [1.29, 1.82) is 0 Å². The lowest BCUT2D eigenvalue weighted by molar-refractivity contribution is -0.131. The van der Waals surface area contributed by atoms with E-state index in [0.29, 0.717) is 11.3 Å². The summed E-state index contributed by atoms with van der Waals surface area (Å²) in [5, 5.41) is 3.90. The van der Waals surface area contributed by atoms with E-state index in [0.717, 1.165) is 28.8 Å². The first-order valence-electron chi connectivity index (χ1n) is 9.67. The second kappa shape index (κ2) is 9.53. The van der Waals surface area contributed by atoms with Gasteiger partial charge in [0.15, 0.2) is 11.6 Å². The quantitative estimate of drug-likeness (QED) is 0.488. The van der Waals surface area contributed by atoms with E-state index in [4.69, 9.17) is 9.26 Å². The normalized spacial score (nSPS) is 12.3. The Morgan fingerprint density at radius 2 is 1.91 bits per heavy atom. The van der Waals surface area contributed by atoms with Crippen LogP contribution < -0.4 is 9.04 Å². The lowest BCUT2D eigenvalue weighted by atomic mass is 10.2. The predicted molar refractivity (Wildman–Crippen MR) is 116 cm³/mol. The van der Waals surface area contributed by atoms with Gasteiger partial charge in [-0.2, -0.15) is 4.98 Å². The summed E-state index contributed by atoms with van der Waals surface area (Å²) in [4.78, 5) is 18.4. The Balaban J connectivity index is 1.79. The van der Waals surface area contributed by atoms with Crippen molar-refractivity contribution in [1.82, 2.24) is 15.0 Å². The summed E-state index contributed by atoms with van der Waals surface area (Å²) in [5.41, 5.74) is 0.469. The minimum absolute atomic E-state index is 0.102. The molecule has 9 nitrogen and oxygen atoms in total. The van der Waals surface area contributed by atoms with Crippen molar-refractivity contribution in [2.24, 2.45) is 0 Å². The number of aromatic nitrogens is 2. The van der Waals surface area contributed by atoms with Gasteiger partial charge in [-0.05, 0) is 31.2 Å². The molecule has 0 saturated carbocycles. The standard InChI is InChI=1S/C21H22F2N4O5S/c1-13(27(33(4,29)30)15-8-9-17(22)18(23)11-15)21(28)26(2)12-19-24-20(25-32-19)14-6-5-7-16(10-14)31-3/h5-11,13H,12H2,1-4H3/t13-/m1/s1. The van der Waals surface area contributed by atoms with Gasteiger partial charge in [-0.1, -0.05) is 17.3 Å². The molecule has 0 unspecified atom stereocenters. The predicted octanol–water partition coefficient (Wildman–Crippen LogP) is 2.84. The van der Waals surface area contributed by atoms with Gasteiger partial charge in [-0.25, -0.2) is 17.2 Å². The summed E-state index contributed by atoms with van der Waals surface area (Å²) in [5.74, 6) is -1.96. The zero-order valence-electron chi connectivity index (χ0n) is 18.3. The van der Waals surface area contributed by atoms with Crippen LogP contribution in [0.4, 0.5) is 14.5 Å². The van der Waals surface area contributed by atoms with E-state index >= 15 is 0 Å². The number of hydrogen-bond donors (Lipinski definition) is 0. The van der Waals surface area contributed by atoms with Crippen LogP contribution in [0.5, 0.6) is 5.75 Å². The number of methoxy groups -OCH3 is 1. The van der Waals surface area contributed by atoms with Crippen LogP contribution in [0.25, 0.3) is 11.4 Å². The summed E-state index contributed by atoms with van der Waals surface area (Å²) >= 11 is 0. The smallest absolute Gasteiger partial charge is 0.246 e. The van der Waals surface area contributed by atoms with Gasteiger partial charge in [-0.15, -0.1) is 0 Å². The molecule has 0 aliphatic heterocycles. The van der Waals surface area contributed by atoms with Crippen LogP contribution in [-0.2, 0) is 21.4 Å². The molecule has 0 radical (unpaired) electrons. The molecule has 0 bridgehead atoms. The first-order chi connectivity index (χ1) is 15.5. The Morgan fingerprint density at radius 1 is 1.18 bits per heavy atom. The first kappa shape index (κ1) is 24.1. The number of sulfonamides is 1. The molecule has 2 aromatic carbocycles. The van der Waals surface area contributed by atoms with Crippen LogP contribution in [-0.4, -0.2) is 55.8 Å². The number of hydrogen-bond acceptors (Lipinski definition) is 7. The molecule has 0 aliphatic rings. The Kier molecular flexibility index (Phi) is 6.96. The van der Waals surface area contributed by atoms with Gasteiger partial charge in [0.2, 0.25) is 27.6 Å². The molecule has 12 heteroatoms. The van der Waals surface area contributed by atoms with Crippen molar-refractivity contribution >= 4 is 21.6 Å². The Hall–Kier alpha value is -3.54. The number of halogens is 2. The lowest BCUT2D eigenvalue weighted by Gasteiger charge is -2.30. The summed E-state index contributed by atoms with van der Waals surface area (Å²) in [7, 11) is -1.04. The van der Waals surface area contributed by atoms with E-state index in [1.54, 1.807) is 24.3 Å². The van der Waals surface area contributed by atoms with Crippen molar-refractivity contribution < 1.29 is 31.3 Å². The summed E-state index contributed by atoms with van der Waals surface area (Å²) in [6.45, 7) is 1.24. The van der Waals surface area contributed by atoms with Crippen molar-refractivity contribution in [3.8, 4) is 17.1 Å². The van der Waals surface area contributed by atoms with Gasteiger partial charge < -0.3 is 14.2 Å². The molecule has 1 heterocycles. The van der Waals surface area contributed by atoms with Gasteiger partial charge in [0.25, 0.3) is 0 Å². The maximum atomic E-state index is 13.7. The highest BCUT2D eigenvalue weighted by Gasteiger charge is 2.32. The van der Waals surface area contributed by atoms with Crippen molar-refractivity contribution in [2.75, 3.05) is 24.7 Å². The van der Waals surface area contributed by atoms with Crippen LogP contribution in [0, 0.1) is 11.6 Å². The van der Waals surface area contributed by atoms with E-state index in [9.17, 15) is 22.0 Å². The van der Waals surface area contributed by atoms with Gasteiger partial charge in [0.05, 0.1) is 25.6 Å². The number of rotatable bonds is 8. The van der Waals surface area contributed by atoms with Crippen molar-refractivity contribution in [3.05, 3.63) is 60.0 Å². The third-order valence-electron chi connectivity index (χ3n) is 4.77. The summed E-state index contributed by atoms with van der Waals surface area (Å²) in [6.07, 6.45) is 0.871. The van der Waals surface area contributed by atoms with Gasteiger partial charge in [0, 0.05) is 18.7 Å². The van der Waals surface area contributed by atoms with Gasteiger partial charge in [0.1, 0.15) is 11.8 Å². The summed E-state index contributed by atoms with van der Waals surface area (Å²) in [6, 6.07) is 8.36. The highest BCUT2D eigenvalue weighted by atomic mass is 32.2. The van der Waals surface area contributed by atoms with E-state index < -0.39 is 33.6 Å². The fourth-order valence-electron chi connectivity index (χ4n) is 3.22. The molecule has 176 valence electrons. The largest absolute Gasteiger partial charge is 0.497 e. The van der Waals surface area contributed by atoms with E-state index in [2.05, 4.69) is 10.1 Å². The molecule has 1 amide bonds. The Morgan fingerprint density at radius 3 is 2.55 bits per heavy atom. The second-order valence-corrected chi connectivity index (χ2v) is 9.13. The average molecular weight is 480 g/mol. The molecular formula is C21H22F2N4O5S. The molecule has 0 spiro atoms. The third-order valence-corrected chi connectivity index (χ3v) is 6.01. The topological polar surface area (TPSA) is 106 Å². The number of anilines is 1. The molecule has 0 aliphatic carbocycles. The molecule has 1 aromatic heterocycles. The van der Waals surface area contributed by atoms with Crippen molar-refractivity contribution in [3.63, 3.8) is 0 Å². The van der Waals surface area contributed by atoms with Crippen LogP contribution in [0.3, 0.4) is 0 Å². The highest BCUT2D eigenvalue weighted by molar-refractivity contribution is 7.92. The maximum absolute atomic E-state index is 13.7. The third kappa shape index (κ3) is 5.45. The number of amides is 1.